The Morgan fingerprint density at radius 3 is 2.56 bits per heavy atom. The standard InChI is InChI=1S/C20H29ClN4/c1-15-19(14-24-10-8-17(9-11-24)12-22-3)16(2)25(23-15)13-18-6-4-5-7-20(18)21/h4-7,17,22H,8-14H2,1-3H3. The van der Waals surface area contributed by atoms with Gasteiger partial charge in [-0.2, -0.15) is 5.10 Å². The van der Waals surface area contributed by atoms with Crippen molar-refractivity contribution in [1.82, 2.24) is 20.0 Å². The van der Waals surface area contributed by atoms with E-state index >= 15 is 0 Å². The van der Waals surface area contributed by atoms with Crippen molar-refractivity contribution in [2.75, 3.05) is 26.7 Å². The smallest absolute Gasteiger partial charge is 0.0677 e. The Balaban J connectivity index is 1.67. The van der Waals surface area contributed by atoms with E-state index in [1.54, 1.807) is 0 Å². The van der Waals surface area contributed by atoms with Crippen LogP contribution in [0.25, 0.3) is 0 Å². The van der Waals surface area contributed by atoms with Crippen molar-refractivity contribution >= 4 is 11.6 Å². The van der Waals surface area contributed by atoms with Crippen LogP contribution < -0.4 is 5.32 Å². The first kappa shape index (κ1) is 18.4. The normalized spacial score (nSPS) is 16.5. The van der Waals surface area contributed by atoms with Crippen molar-refractivity contribution in [3.63, 3.8) is 0 Å². The maximum absolute atomic E-state index is 6.31. The van der Waals surface area contributed by atoms with E-state index in [2.05, 4.69) is 34.8 Å². The highest BCUT2D eigenvalue weighted by Gasteiger charge is 2.21. The van der Waals surface area contributed by atoms with Gasteiger partial charge in [-0.05, 0) is 70.9 Å². The number of rotatable bonds is 6. The molecule has 0 saturated carbocycles. The molecule has 0 amide bonds. The van der Waals surface area contributed by atoms with Gasteiger partial charge < -0.3 is 5.32 Å². The highest BCUT2D eigenvalue weighted by Crippen LogP contribution is 2.23. The number of hydrogen-bond donors (Lipinski definition) is 1. The maximum Gasteiger partial charge on any atom is 0.0677 e. The Morgan fingerprint density at radius 2 is 1.88 bits per heavy atom. The van der Waals surface area contributed by atoms with E-state index < -0.39 is 0 Å². The summed E-state index contributed by atoms with van der Waals surface area (Å²) in [4.78, 5) is 2.57. The minimum absolute atomic E-state index is 0.733. The summed E-state index contributed by atoms with van der Waals surface area (Å²) in [6.07, 6.45) is 2.57. The van der Waals surface area contributed by atoms with Crippen LogP contribution in [0.4, 0.5) is 0 Å². The molecule has 0 bridgehead atoms. The zero-order valence-electron chi connectivity index (χ0n) is 15.6. The van der Waals surface area contributed by atoms with Gasteiger partial charge in [0.05, 0.1) is 12.2 Å². The largest absolute Gasteiger partial charge is 0.319 e. The van der Waals surface area contributed by atoms with Gasteiger partial charge >= 0.3 is 0 Å². The van der Waals surface area contributed by atoms with Crippen LogP contribution in [-0.2, 0) is 13.1 Å². The van der Waals surface area contributed by atoms with Crippen LogP contribution in [0.2, 0.25) is 5.02 Å². The zero-order valence-corrected chi connectivity index (χ0v) is 16.3. The SMILES string of the molecule is CNCC1CCN(Cc2c(C)nn(Cc3ccccc3Cl)c2C)CC1. The molecule has 2 aromatic rings. The quantitative estimate of drug-likeness (QED) is 0.853. The molecule has 3 rings (SSSR count). The molecule has 1 aliphatic heterocycles. The molecule has 0 unspecified atom stereocenters. The molecule has 1 N–H and O–H groups in total. The summed E-state index contributed by atoms with van der Waals surface area (Å²) >= 11 is 6.31. The topological polar surface area (TPSA) is 33.1 Å². The molecule has 1 saturated heterocycles. The lowest BCUT2D eigenvalue weighted by Gasteiger charge is -2.31. The van der Waals surface area contributed by atoms with Crippen molar-refractivity contribution < 1.29 is 0 Å². The molecule has 1 aromatic heterocycles. The maximum atomic E-state index is 6.31. The van der Waals surface area contributed by atoms with Crippen LogP contribution in [0.1, 0.15) is 35.4 Å². The first-order valence-corrected chi connectivity index (χ1v) is 9.59. The number of aryl methyl sites for hydroxylation is 1. The molecule has 4 nitrogen and oxygen atoms in total. The van der Waals surface area contributed by atoms with E-state index in [-0.39, 0.29) is 0 Å². The number of aromatic nitrogens is 2. The van der Waals surface area contributed by atoms with E-state index in [1.807, 2.05) is 25.2 Å². The number of nitrogens with zero attached hydrogens (tertiary/aromatic N) is 3. The number of halogens is 1. The molecule has 0 aliphatic carbocycles. The van der Waals surface area contributed by atoms with Crippen molar-refractivity contribution in [2.45, 2.75) is 39.8 Å². The summed E-state index contributed by atoms with van der Waals surface area (Å²) in [7, 11) is 2.05. The number of nitrogens with one attached hydrogen (secondary N) is 1. The summed E-state index contributed by atoms with van der Waals surface area (Å²) in [5.74, 6) is 0.825. The number of likely N-dealkylation sites (tertiary alicyclic amines) is 1. The summed E-state index contributed by atoms with van der Waals surface area (Å²) < 4.78 is 2.10. The molecule has 0 radical (unpaired) electrons. The Morgan fingerprint density at radius 1 is 1.16 bits per heavy atom. The fourth-order valence-corrected chi connectivity index (χ4v) is 3.96. The van der Waals surface area contributed by atoms with Crippen molar-refractivity contribution in [1.29, 1.82) is 0 Å². The lowest BCUT2D eigenvalue weighted by atomic mass is 9.96. The monoisotopic (exact) mass is 360 g/mol. The molecule has 136 valence electrons. The second kappa shape index (κ2) is 8.35. The fourth-order valence-electron chi connectivity index (χ4n) is 3.77. The van der Waals surface area contributed by atoms with Gasteiger partial charge in [-0.25, -0.2) is 0 Å². The predicted molar refractivity (Wildman–Crippen MR) is 104 cm³/mol. The van der Waals surface area contributed by atoms with Crippen molar-refractivity contribution in [2.24, 2.45) is 5.92 Å². The Labute approximate surface area is 156 Å². The van der Waals surface area contributed by atoms with Crippen LogP contribution in [0.5, 0.6) is 0 Å². The van der Waals surface area contributed by atoms with Crippen LogP contribution >= 0.6 is 11.6 Å². The number of hydrogen-bond acceptors (Lipinski definition) is 3. The van der Waals surface area contributed by atoms with Gasteiger partial charge in [0.2, 0.25) is 0 Å². The molecule has 1 aliphatic rings. The second-order valence-corrected chi connectivity index (χ2v) is 7.58. The first-order chi connectivity index (χ1) is 12.1. The van der Waals surface area contributed by atoms with Crippen LogP contribution in [0, 0.1) is 19.8 Å². The van der Waals surface area contributed by atoms with E-state index in [4.69, 9.17) is 16.7 Å². The Kier molecular flexibility index (Phi) is 6.15. The van der Waals surface area contributed by atoms with Crippen LogP contribution in [-0.4, -0.2) is 41.4 Å². The Hall–Kier alpha value is -1.36. The van der Waals surface area contributed by atoms with Gasteiger partial charge in [0.1, 0.15) is 0 Å². The molecular weight excluding hydrogens is 332 g/mol. The van der Waals surface area contributed by atoms with E-state index in [1.165, 1.54) is 37.2 Å². The van der Waals surface area contributed by atoms with Crippen molar-refractivity contribution in [3.8, 4) is 0 Å². The molecule has 1 fully saturated rings. The molecule has 25 heavy (non-hydrogen) atoms. The minimum Gasteiger partial charge on any atom is -0.319 e. The second-order valence-electron chi connectivity index (χ2n) is 7.18. The third-order valence-electron chi connectivity index (χ3n) is 5.39. The Bertz CT molecular complexity index is 702. The fraction of sp³-hybridized carbons (Fsp3) is 0.550. The van der Waals surface area contributed by atoms with Crippen LogP contribution in [0.15, 0.2) is 24.3 Å². The average Bonchev–Trinajstić information content (AvgIpc) is 2.86. The summed E-state index contributed by atoms with van der Waals surface area (Å²) in [6.45, 7) is 9.55. The highest BCUT2D eigenvalue weighted by molar-refractivity contribution is 6.31. The summed E-state index contributed by atoms with van der Waals surface area (Å²) in [5, 5.41) is 8.89. The van der Waals surface area contributed by atoms with Gasteiger partial charge in [-0.3, -0.25) is 9.58 Å². The first-order valence-electron chi connectivity index (χ1n) is 9.21. The molecule has 2 heterocycles. The van der Waals surface area contributed by atoms with Gasteiger partial charge in [0, 0.05) is 22.8 Å². The molecule has 0 spiro atoms. The lowest BCUT2D eigenvalue weighted by molar-refractivity contribution is 0.176. The third-order valence-corrected chi connectivity index (χ3v) is 5.76. The molecular formula is C20H29ClN4. The summed E-state index contributed by atoms with van der Waals surface area (Å²) in [6, 6.07) is 8.02. The highest BCUT2D eigenvalue weighted by atomic mass is 35.5. The van der Waals surface area contributed by atoms with Crippen molar-refractivity contribution in [3.05, 3.63) is 51.8 Å². The lowest BCUT2D eigenvalue weighted by Crippen LogP contribution is -2.36. The number of piperidine rings is 1. The van der Waals surface area contributed by atoms with Crippen LogP contribution in [0.3, 0.4) is 0 Å². The van der Waals surface area contributed by atoms with Gasteiger partial charge in [-0.1, -0.05) is 29.8 Å². The van der Waals surface area contributed by atoms with Gasteiger partial charge in [0.15, 0.2) is 0 Å². The van der Waals surface area contributed by atoms with Gasteiger partial charge in [0.25, 0.3) is 0 Å². The average molecular weight is 361 g/mol. The van der Waals surface area contributed by atoms with Gasteiger partial charge in [-0.15, -0.1) is 0 Å². The third kappa shape index (κ3) is 4.43. The molecule has 5 heteroatoms. The van der Waals surface area contributed by atoms with E-state index in [9.17, 15) is 0 Å². The van der Waals surface area contributed by atoms with E-state index in [0.717, 1.165) is 41.8 Å². The minimum atomic E-state index is 0.733. The number of benzene rings is 1. The summed E-state index contributed by atoms with van der Waals surface area (Å²) in [5.41, 5.74) is 4.89. The molecule has 0 atom stereocenters. The predicted octanol–water partition coefficient (Wildman–Crippen LogP) is 3.63. The van der Waals surface area contributed by atoms with E-state index in [0.29, 0.717) is 0 Å². The zero-order chi connectivity index (χ0) is 17.8. The molecule has 1 aromatic carbocycles.